The van der Waals surface area contributed by atoms with Crippen LogP contribution < -0.4 is 10.9 Å². The fraction of sp³-hybridized carbons (Fsp3) is 1.00. The summed E-state index contributed by atoms with van der Waals surface area (Å²) in [5.74, 6) is 0. The zero-order valence-electron chi connectivity index (χ0n) is 5.59. The molecule has 1 aliphatic rings. The predicted octanol–water partition coefficient (Wildman–Crippen LogP) is -1.66. The van der Waals surface area contributed by atoms with E-state index < -0.39 is 0 Å². The molecule has 0 saturated carbocycles. The normalized spacial score (nSPS) is 22.0. The Balaban J connectivity index is 1.91. The van der Waals surface area contributed by atoms with Gasteiger partial charge in [0.05, 0.1) is 12.8 Å². The lowest BCUT2D eigenvalue weighted by molar-refractivity contribution is -0.00420. The van der Waals surface area contributed by atoms with Crippen molar-refractivity contribution in [2.45, 2.75) is 6.10 Å². The molecule has 9 heavy (non-hydrogen) atoms. The van der Waals surface area contributed by atoms with Crippen LogP contribution in [0, 0.1) is 0 Å². The molecule has 0 spiro atoms. The Morgan fingerprint density at radius 1 is 1.67 bits per heavy atom. The SMILES string of the molecule is CNNCN1CC(O)C1. The fourth-order valence-corrected chi connectivity index (χ4v) is 0.863. The Hall–Kier alpha value is -0.160. The molecule has 0 aliphatic carbocycles. The van der Waals surface area contributed by atoms with Gasteiger partial charge in [-0.15, -0.1) is 0 Å². The van der Waals surface area contributed by atoms with Gasteiger partial charge in [-0.1, -0.05) is 0 Å². The van der Waals surface area contributed by atoms with Crippen molar-refractivity contribution in [1.29, 1.82) is 0 Å². The number of hydrogen-bond acceptors (Lipinski definition) is 4. The minimum atomic E-state index is -0.0938. The molecule has 0 atom stereocenters. The largest absolute Gasteiger partial charge is 0.390 e. The predicted molar refractivity (Wildman–Crippen MR) is 34.6 cm³/mol. The lowest BCUT2D eigenvalue weighted by Crippen LogP contribution is -2.55. The molecule has 1 rings (SSSR count). The lowest BCUT2D eigenvalue weighted by Gasteiger charge is -2.35. The van der Waals surface area contributed by atoms with Gasteiger partial charge in [-0.2, -0.15) is 0 Å². The standard InChI is InChI=1S/C5H13N3O/c1-6-7-4-8-2-5(9)3-8/h5-7,9H,2-4H2,1H3. The van der Waals surface area contributed by atoms with Crippen molar-refractivity contribution in [2.75, 3.05) is 26.8 Å². The van der Waals surface area contributed by atoms with Gasteiger partial charge in [0.25, 0.3) is 0 Å². The van der Waals surface area contributed by atoms with E-state index in [2.05, 4.69) is 15.8 Å². The van der Waals surface area contributed by atoms with E-state index >= 15 is 0 Å². The van der Waals surface area contributed by atoms with Crippen molar-refractivity contribution in [1.82, 2.24) is 15.8 Å². The van der Waals surface area contributed by atoms with Crippen LogP contribution in [0.1, 0.15) is 0 Å². The summed E-state index contributed by atoms with van der Waals surface area (Å²) in [5.41, 5.74) is 5.74. The number of β-amino-alcohol motifs (C(OH)–C–C–N with tert-alkyl or cyclic N) is 1. The Kier molecular flexibility index (Phi) is 2.41. The zero-order valence-corrected chi connectivity index (χ0v) is 5.59. The molecular weight excluding hydrogens is 118 g/mol. The summed E-state index contributed by atoms with van der Waals surface area (Å²) in [7, 11) is 1.83. The van der Waals surface area contributed by atoms with E-state index in [-0.39, 0.29) is 6.10 Å². The van der Waals surface area contributed by atoms with Crippen molar-refractivity contribution < 1.29 is 5.11 Å². The van der Waals surface area contributed by atoms with Gasteiger partial charge in [0.15, 0.2) is 0 Å². The average molecular weight is 131 g/mol. The van der Waals surface area contributed by atoms with Gasteiger partial charge >= 0.3 is 0 Å². The minimum absolute atomic E-state index is 0.0938. The van der Waals surface area contributed by atoms with Gasteiger partial charge in [-0.05, 0) is 7.05 Å². The highest BCUT2D eigenvalue weighted by molar-refractivity contribution is 4.76. The van der Waals surface area contributed by atoms with Crippen molar-refractivity contribution in [3.05, 3.63) is 0 Å². The van der Waals surface area contributed by atoms with Crippen LogP contribution in [0.4, 0.5) is 0 Å². The van der Waals surface area contributed by atoms with Crippen LogP contribution in [0.15, 0.2) is 0 Å². The van der Waals surface area contributed by atoms with Gasteiger partial charge < -0.3 is 5.11 Å². The van der Waals surface area contributed by atoms with Crippen molar-refractivity contribution in [2.24, 2.45) is 0 Å². The quantitative estimate of drug-likeness (QED) is 0.401. The minimum Gasteiger partial charge on any atom is -0.390 e. The third-order valence-corrected chi connectivity index (χ3v) is 1.42. The fourth-order valence-electron chi connectivity index (χ4n) is 0.863. The second kappa shape index (κ2) is 3.12. The number of aliphatic hydroxyl groups excluding tert-OH is 1. The maximum atomic E-state index is 8.83. The van der Waals surface area contributed by atoms with Gasteiger partial charge in [-0.3, -0.25) is 10.3 Å². The van der Waals surface area contributed by atoms with Crippen LogP contribution in [-0.4, -0.2) is 42.9 Å². The molecule has 1 aliphatic heterocycles. The van der Waals surface area contributed by atoms with Crippen molar-refractivity contribution in [3.8, 4) is 0 Å². The molecule has 1 heterocycles. The van der Waals surface area contributed by atoms with Crippen LogP contribution in [-0.2, 0) is 0 Å². The van der Waals surface area contributed by atoms with Crippen LogP contribution >= 0.6 is 0 Å². The third-order valence-electron chi connectivity index (χ3n) is 1.42. The number of hydrogen-bond donors (Lipinski definition) is 3. The van der Waals surface area contributed by atoms with Crippen molar-refractivity contribution in [3.63, 3.8) is 0 Å². The smallest absolute Gasteiger partial charge is 0.0794 e. The number of nitrogens with zero attached hydrogens (tertiary/aromatic N) is 1. The molecule has 0 bridgehead atoms. The van der Waals surface area contributed by atoms with Gasteiger partial charge in [0.2, 0.25) is 0 Å². The molecule has 0 amide bonds. The van der Waals surface area contributed by atoms with E-state index in [4.69, 9.17) is 5.11 Å². The van der Waals surface area contributed by atoms with E-state index in [0.29, 0.717) is 0 Å². The zero-order chi connectivity index (χ0) is 6.69. The van der Waals surface area contributed by atoms with E-state index in [1.54, 1.807) is 0 Å². The molecule has 1 saturated heterocycles. The first kappa shape index (κ1) is 6.95. The summed E-state index contributed by atoms with van der Waals surface area (Å²) >= 11 is 0. The van der Waals surface area contributed by atoms with Crippen molar-refractivity contribution >= 4 is 0 Å². The first-order valence-corrected chi connectivity index (χ1v) is 3.13. The van der Waals surface area contributed by atoms with E-state index in [0.717, 1.165) is 19.8 Å². The molecule has 4 nitrogen and oxygen atoms in total. The molecule has 0 aromatic rings. The monoisotopic (exact) mass is 131 g/mol. The number of rotatable bonds is 3. The first-order valence-electron chi connectivity index (χ1n) is 3.13. The van der Waals surface area contributed by atoms with E-state index in [1.165, 1.54) is 0 Å². The van der Waals surface area contributed by atoms with Gasteiger partial charge in [0.1, 0.15) is 0 Å². The summed E-state index contributed by atoms with van der Waals surface area (Å²) in [5, 5.41) is 8.83. The lowest BCUT2D eigenvalue weighted by atomic mass is 10.2. The summed E-state index contributed by atoms with van der Waals surface area (Å²) in [6.07, 6.45) is -0.0938. The molecule has 3 N–H and O–H groups in total. The number of nitrogens with one attached hydrogen (secondary N) is 2. The molecule has 0 radical (unpaired) electrons. The Labute approximate surface area is 54.8 Å². The highest BCUT2D eigenvalue weighted by Crippen LogP contribution is 2.03. The van der Waals surface area contributed by atoms with E-state index in [9.17, 15) is 0 Å². The molecule has 0 aromatic carbocycles. The van der Waals surface area contributed by atoms with Gasteiger partial charge in [0, 0.05) is 13.1 Å². The Morgan fingerprint density at radius 3 is 2.78 bits per heavy atom. The second-order valence-corrected chi connectivity index (χ2v) is 2.27. The van der Waals surface area contributed by atoms with E-state index in [1.807, 2.05) is 7.05 Å². The highest BCUT2D eigenvalue weighted by atomic mass is 16.3. The number of likely N-dealkylation sites (tertiary alicyclic amines) is 1. The average Bonchev–Trinajstić information content (AvgIpc) is 1.78. The molecule has 54 valence electrons. The maximum Gasteiger partial charge on any atom is 0.0794 e. The van der Waals surface area contributed by atoms with Gasteiger partial charge in [-0.25, -0.2) is 5.43 Å². The summed E-state index contributed by atoms with van der Waals surface area (Å²) in [6.45, 7) is 2.41. The molecule has 0 unspecified atom stereocenters. The Morgan fingerprint density at radius 2 is 2.33 bits per heavy atom. The Bertz CT molecular complexity index is 82.3. The summed E-state index contributed by atoms with van der Waals surface area (Å²) in [4.78, 5) is 2.11. The second-order valence-electron chi connectivity index (χ2n) is 2.27. The summed E-state index contributed by atoms with van der Waals surface area (Å²) < 4.78 is 0. The number of aliphatic hydroxyl groups is 1. The molecule has 1 fully saturated rings. The molecule has 4 heteroatoms. The highest BCUT2D eigenvalue weighted by Gasteiger charge is 2.22. The van der Waals surface area contributed by atoms with Crippen LogP contribution in [0.3, 0.4) is 0 Å². The third kappa shape index (κ3) is 1.91. The molecular formula is C5H13N3O. The number of hydrazine groups is 1. The van der Waals surface area contributed by atoms with Crippen LogP contribution in [0.25, 0.3) is 0 Å². The maximum absolute atomic E-state index is 8.83. The first-order chi connectivity index (χ1) is 4.33. The summed E-state index contributed by atoms with van der Waals surface area (Å²) in [6, 6.07) is 0. The van der Waals surface area contributed by atoms with Crippen LogP contribution in [0.5, 0.6) is 0 Å². The molecule has 0 aromatic heterocycles. The topological polar surface area (TPSA) is 47.5 Å². The van der Waals surface area contributed by atoms with Crippen LogP contribution in [0.2, 0.25) is 0 Å².